The van der Waals surface area contributed by atoms with Gasteiger partial charge in [-0.15, -0.1) is 0 Å². The van der Waals surface area contributed by atoms with Crippen LogP contribution in [0.3, 0.4) is 0 Å². The highest BCUT2D eigenvalue weighted by Gasteiger charge is 2.23. The number of carbonyl (C=O) groups excluding carboxylic acids is 1. The molecule has 2 N–H and O–H groups in total. The molecule has 0 aromatic carbocycles. The van der Waals surface area contributed by atoms with E-state index in [4.69, 9.17) is 9.05 Å². The largest absolute Gasteiger partial charge is 0.756 e. The van der Waals surface area contributed by atoms with Gasteiger partial charge in [-0.05, 0) is 32.1 Å². The van der Waals surface area contributed by atoms with E-state index in [0.29, 0.717) is 17.4 Å². The Kier molecular flexibility index (Phi) is 47.3. The highest BCUT2D eigenvalue weighted by Crippen LogP contribution is 2.38. The molecule has 0 rings (SSSR count). The van der Waals surface area contributed by atoms with E-state index in [9.17, 15) is 19.4 Å². The van der Waals surface area contributed by atoms with Crippen LogP contribution < -0.4 is 10.2 Å². The van der Waals surface area contributed by atoms with Crippen molar-refractivity contribution in [3.05, 3.63) is 24.3 Å². The van der Waals surface area contributed by atoms with Crippen LogP contribution in [-0.2, 0) is 18.4 Å². The Morgan fingerprint density at radius 1 is 0.523 bits per heavy atom. The van der Waals surface area contributed by atoms with E-state index in [1.54, 1.807) is 6.08 Å². The standard InChI is InChI=1S/C56H111N2O6P/c1-6-8-10-12-14-16-18-20-21-22-23-24-25-26-27-28-29-30-31-32-33-34-35-36-37-38-39-41-43-45-47-49-55(59)54(53-64-65(61,62)63-52-51-58(3,4)5)57-56(60)50-48-46-44-42-40-19-17-15-13-11-9-7-2/h39,41,47,49,54-55,59H,6-38,40,42-46,48,50-53H2,1-5H3,(H-,57,60,61,62)/b41-39+,49-47+. The number of unbranched alkanes of at least 4 members (excludes halogenated alkanes) is 37. The number of hydrogen-bond donors (Lipinski definition) is 2. The number of amides is 1. The molecule has 0 aromatic rings. The van der Waals surface area contributed by atoms with Crippen molar-refractivity contribution in [1.29, 1.82) is 0 Å². The van der Waals surface area contributed by atoms with Gasteiger partial charge >= 0.3 is 0 Å². The van der Waals surface area contributed by atoms with Crippen molar-refractivity contribution in [3.8, 4) is 0 Å². The summed E-state index contributed by atoms with van der Waals surface area (Å²) in [4.78, 5) is 25.4. The molecule has 386 valence electrons. The van der Waals surface area contributed by atoms with Gasteiger partial charge in [0.05, 0.1) is 39.9 Å². The van der Waals surface area contributed by atoms with Crippen LogP contribution >= 0.6 is 7.82 Å². The molecular weight excluding hydrogens is 828 g/mol. The van der Waals surface area contributed by atoms with E-state index in [1.165, 1.54) is 218 Å². The van der Waals surface area contributed by atoms with Gasteiger partial charge < -0.3 is 28.8 Å². The Bertz CT molecular complexity index is 1110. The summed E-state index contributed by atoms with van der Waals surface area (Å²) < 4.78 is 23.3. The number of carbonyl (C=O) groups is 1. The first kappa shape index (κ1) is 64.0. The minimum atomic E-state index is -4.60. The second-order valence-electron chi connectivity index (χ2n) is 20.6. The number of phosphoric ester groups is 1. The third-order valence-electron chi connectivity index (χ3n) is 12.9. The summed E-state index contributed by atoms with van der Waals surface area (Å²) in [5.41, 5.74) is 0. The number of nitrogens with one attached hydrogen (secondary N) is 1. The lowest BCUT2D eigenvalue weighted by Gasteiger charge is -2.29. The summed E-state index contributed by atoms with van der Waals surface area (Å²) in [7, 11) is 1.25. The smallest absolute Gasteiger partial charge is 0.268 e. The van der Waals surface area contributed by atoms with E-state index in [0.717, 1.165) is 38.5 Å². The topological polar surface area (TPSA) is 108 Å². The Balaban J connectivity index is 4.10. The molecule has 0 aliphatic rings. The zero-order valence-corrected chi connectivity index (χ0v) is 44.9. The van der Waals surface area contributed by atoms with Gasteiger partial charge in [0.1, 0.15) is 13.2 Å². The SMILES string of the molecule is CCCCCCCCCCCCCCCCCCCCCCCCCCC/C=C/CC/C=C/C(O)C(COP(=O)([O-])OCC[N+](C)(C)C)NC(=O)CCCCCCCCCCCCCC. The van der Waals surface area contributed by atoms with Gasteiger partial charge in [-0.1, -0.05) is 263 Å². The number of aliphatic hydroxyl groups excluding tert-OH is 1. The molecule has 0 aromatic heterocycles. The molecule has 0 saturated heterocycles. The second-order valence-corrected chi connectivity index (χ2v) is 22.1. The van der Waals surface area contributed by atoms with Gasteiger partial charge in [-0.25, -0.2) is 0 Å². The third-order valence-corrected chi connectivity index (χ3v) is 13.9. The summed E-state index contributed by atoms with van der Waals surface area (Å²) in [6.07, 6.45) is 59.9. The monoisotopic (exact) mass is 939 g/mol. The summed E-state index contributed by atoms with van der Waals surface area (Å²) in [5, 5.41) is 13.8. The quantitative estimate of drug-likeness (QED) is 0.0272. The van der Waals surface area contributed by atoms with Gasteiger partial charge in [0.2, 0.25) is 5.91 Å². The first-order valence-corrected chi connectivity index (χ1v) is 29.7. The molecule has 0 bridgehead atoms. The average Bonchev–Trinajstić information content (AvgIpc) is 3.26. The Morgan fingerprint density at radius 3 is 1.25 bits per heavy atom. The zero-order chi connectivity index (χ0) is 47.8. The van der Waals surface area contributed by atoms with Crippen molar-refractivity contribution in [2.24, 2.45) is 0 Å². The maximum atomic E-state index is 12.9. The number of hydrogen-bond acceptors (Lipinski definition) is 6. The van der Waals surface area contributed by atoms with Gasteiger partial charge in [-0.3, -0.25) is 9.36 Å². The fourth-order valence-corrected chi connectivity index (χ4v) is 9.19. The van der Waals surface area contributed by atoms with Crippen molar-refractivity contribution in [2.45, 2.75) is 289 Å². The predicted octanol–water partition coefficient (Wildman–Crippen LogP) is 16.2. The summed E-state index contributed by atoms with van der Waals surface area (Å²) in [5.74, 6) is -0.205. The van der Waals surface area contributed by atoms with Crippen LogP contribution in [0, 0.1) is 0 Å². The van der Waals surface area contributed by atoms with Crippen LogP contribution in [-0.4, -0.2) is 68.5 Å². The molecule has 0 aliphatic heterocycles. The van der Waals surface area contributed by atoms with Crippen molar-refractivity contribution in [2.75, 3.05) is 40.9 Å². The minimum Gasteiger partial charge on any atom is -0.756 e. The van der Waals surface area contributed by atoms with Crippen LogP contribution in [0.1, 0.15) is 277 Å². The molecule has 1 amide bonds. The molecule has 0 aliphatic carbocycles. The number of phosphoric acid groups is 1. The summed E-state index contributed by atoms with van der Waals surface area (Å²) >= 11 is 0. The fraction of sp³-hybridized carbons (Fsp3) is 0.911. The van der Waals surface area contributed by atoms with Gasteiger partial charge in [0.15, 0.2) is 0 Å². The molecule has 3 unspecified atom stereocenters. The highest BCUT2D eigenvalue weighted by molar-refractivity contribution is 7.45. The molecule has 8 nitrogen and oxygen atoms in total. The van der Waals surface area contributed by atoms with Gasteiger partial charge in [0, 0.05) is 6.42 Å². The fourth-order valence-electron chi connectivity index (χ4n) is 8.47. The van der Waals surface area contributed by atoms with Crippen LogP contribution in [0.5, 0.6) is 0 Å². The average molecular weight is 939 g/mol. The first-order valence-electron chi connectivity index (χ1n) is 28.2. The molecule has 0 spiro atoms. The molecule has 0 radical (unpaired) electrons. The van der Waals surface area contributed by atoms with Crippen molar-refractivity contribution < 1.29 is 32.9 Å². The maximum Gasteiger partial charge on any atom is 0.268 e. The van der Waals surface area contributed by atoms with E-state index in [1.807, 2.05) is 27.2 Å². The van der Waals surface area contributed by atoms with Crippen LogP contribution in [0.15, 0.2) is 24.3 Å². The second kappa shape index (κ2) is 48.0. The van der Waals surface area contributed by atoms with Gasteiger partial charge in [-0.2, -0.15) is 0 Å². The molecular formula is C56H111N2O6P. The number of nitrogens with zero attached hydrogens (tertiary/aromatic N) is 1. The predicted molar refractivity (Wildman–Crippen MR) is 279 cm³/mol. The third kappa shape index (κ3) is 50.7. The Labute approximate surface area is 404 Å². The number of quaternary nitrogens is 1. The van der Waals surface area contributed by atoms with Crippen LogP contribution in [0.25, 0.3) is 0 Å². The normalized spacial score (nSPS) is 14.1. The van der Waals surface area contributed by atoms with E-state index < -0.39 is 20.0 Å². The van der Waals surface area contributed by atoms with E-state index in [-0.39, 0.29) is 19.1 Å². The van der Waals surface area contributed by atoms with Crippen molar-refractivity contribution >= 4 is 13.7 Å². The molecule has 9 heteroatoms. The molecule has 0 heterocycles. The van der Waals surface area contributed by atoms with Crippen LogP contribution in [0.2, 0.25) is 0 Å². The summed E-state index contributed by atoms with van der Waals surface area (Å²) in [6, 6.07) is -0.899. The molecule has 0 fully saturated rings. The zero-order valence-electron chi connectivity index (χ0n) is 44.0. The van der Waals surface area contributed by atoms with Crippen molar-refractivity contribution in [1.82, 2.24) is 5.32 Å². The van der Waals surface area contributed by atoms with E-state index >= 15 is 0 Å². The number of likely N-dealkylation sites (N-methyl/N-ethyl adjacent to an activating group) is 1. The lowest BCUT2D eigenvalue weighted by molar-refractivity contribution is -0.870. The lowest BCUT2D eigenvalue weighted by Crippen LogP contribution is -2.45. The number of rotatable bonds is 52. The molecule has 3 atom stereocenters. The Morgan fingerprint density at radius 2 is 0.862 bits per heavy atom. The highest BCUT2D eigenvalue weighted by atomic mass is 31.2. The molecule has 65 heavy (non-hydrogen) atoms. The molecule has 0 saturated carbocycles. The maximum absolute atomic E-state index is 12.9. The van der Waals surface area contributed by atoms with Gasteiger partial charge in [0.25, 0.3) is 7.82 Å². The number of aliphatic hydroxyl groups is 1. The Hall–Kier alpha value is -1.02. The van der Waals surface area contributed by atoms with E-state index in [2.05, 4.69) is 31.3 Å². The van der Waals surface area contributed by atoms with Crippen molar-refractivity contribution in [3.63, 3.8) is 0 Å². The first-order chi connectivity index (χ1) is 31.5. The lowest BCUT2D eigenvalue weighted by atomic mass is 10.0. The minimum absolute atomic E-state index is 0.00405. The van der Waals surface area contributed by atoms with Crippen LogP contribution in [0.4, 0.5) is 0 Å². The summed E-state index contributed by atoms with van der Waals surface area (Å²) in [6.45, 7) is 4.65. The number of allylic oxidation sites excluding steroid dienone is 3.